The molecule has 0 saturated carbocycles. The minimum Gasteiger partial charge on any atom is -0.479 e. The van der Waals surface area contributed by atoms with E-state index < -0.39 is 17.7 Å². The zero-order valence-corrected chi connectivity index (χ0v) is 17.5. The molecule has 2 N–H and O–H groups in total. The minimum atomic E-state index is -1.10. The first-order valence-corrected chi connectivity index (χ1v) is 9.65. The van der Waals surface area contributed by atoms with E-state index in [9.17, 15) is 9.59 Å². The van der Waals surface area contributed by atoms with Crippen LogP contribution in [0.4, 0.5) is 0 Å². The number of halogens is 1. The van der Waals surface area contributed by atoms with Crippen molar-refractivity contribution in [3.05, 3.63) is 64.7 Å². The topological polar surface area (TPSA) is 84.9 Å². The third-order valence-electron chi connectivity index (χ3n) is 4.39. The molecule has 0 aromatic heterocycles. The zero-order valence-electron chi connectivity index (χ0n) is 16.8. The summed E-state index contributed by atoms with van der Waals surface area (Å²) in [6.45, 7) is 3.83. The molecule has 0 heterocycles. The molecule has 0 aliphatic carbocycles. The van der Waals surface area contributed by atoms with Crippen molar-refractivity contribution in [1.29, 1.82) is 0 Å². The Morgan fingerprint density at radius 2 is 1.83 bits per heavy atom. The van der Waals surface area contributed by atoms with Crippen LogP contribution in [0.5, 0.6) is 5.75 Å². The zero-order chi connectivity index (χ0) is 21.4. The molecule has 2 aromatic carbocycles. The van der Waals surface area contributed by atoms with Crippen LogP contribution < -0.4 is 10.1 Å². The Kier molecular flexibility index (Phi) is 8.05. The standard InChI is InChI=1S/C22H26ClNO5/c1-22(2,21(27)24-11-10-15-6-4-8-17(23)12-15)29-18-9-5-7-16(13-18)14-19(28-3)20(25)26/h4-9,12-13,19H,10-11,14H2,1-3H3,(H,24,27)(H,25,26)/t19-/m0/s1. The number of carbonyl (C=O) groups is 2. The third-order valence-corrected chi connectivity index (χ3v) is 4.62. The second kappa shape index (κ2) is 10.3. The second-order valence-corrected chi connectivity index (χ2v) is 7.60. The average molecular weight is 420 g/mol. The van der Waals surface area contributed by atoms with Gasteiger partial charge in [0, 0.05) is 25.1 Å². The molecule has 0 bridgehead atoms. The molecule has 6 nitrogen and oxygen atoms in total. The molecule has 0 spiro atoms. The Morgan fingerprint density at radius 1 is 1.14 bits per heavy atom. The molecule has 156 valence electrons. The predicted molar refractivity (Wildman–Crippen MR) is 111 cm³/mol. The van der Waals surface area contributed by atoms with E-state index in [0.717, 1.165) is 11.1 Å². The van der Waals surface area contributed by atoms with Crippen LogP contribution in [-0.4, -0.2) is 42.3 Å². The fraction of sp³-hybridized carbons (Fsp3) is 0.364. The van der Waals surface area contributed by atoms with Crippen LogP contribution in [0, 0.1) is 0 Å². The van der Waals surface area contributed by atoms with Gasteiger partial charge < -0.3 is 19.9 Å². The van der Waals surface area contributed by atoms with Gasteiger partial charge in [0.05, 0.1) is 0 Å². The number of carbonyl (C=O) groups excluding carboxylic acids is 1. The number of rotatable bonds is 10. The molecule has 1 amide bonds. The number of hydrogen-bond acceptors (Lipinski definition) is 4. The highest BCUT2D eigenvalue weighted by Crippen LogP contribution is 2.21. The fourth-order valence-electron chi connectivity index (χ4n) is 2.79. The van der Waals surface area contributed by atoms with E-state index in [1.807, 2.05) is 18.2 Å². The van der Waals surface area contributed by atoms with E-state index in [0.29, 0.717) is 23.7 Å². The molecule has 0 radical (unpaired) electrons. The largest absolute Gasteiger partial charge is 0.479 e. The lowest BCUT2D eigenvalue weighted by molar-refractivity contribution is -0.148. The highest BCUT2D eigenvalue weighted by molar-refractivity contribution is 6.30. The van der Waals surface area contributed by atoms with E-state index in [2.05, 4.69) is 5.32 Å². The van der Waals surface area contributed by atoms with E-state index >= 15 is 0 Å². The summed E-state index contributed by atoms with van der Waals surface area (Å²) in [5.74, 6) is -0.791. The van der Waals surface area contributed by atoms with Crippen LogP contribution in [-0.2, 0) is 27.2 Å². The van der Waals surface area contributed by atoms with Gasteiger partial charge in [-0.05, 0) is 55.7 Å². The number of aliphatic carboxylic acids is 1. The van der Waals surface area contributed by atoms with Gasteiger partial charge in [0.15, 0.2) is 11.7 Å². The Morgan fingerprint density at radius 3 is 2.48 bits per heavy atom. The average Bonchev–Trinajstić information content (AvgIpc) is 2.65. The van der Waals surface area contributed by atoms with Crippen LogP contribution in [0.25, 0.3) is 0 Å². The number of amides is 1. The number of ether oxygens (including phenoxy) is 2. The Balaban J connectivity index is 1.94. The Labute approximate surface area is 175 Å². The van der Waals surface area contributed by atoms with E-state index in [-0.39, 0.29) is 12.3 Å². The van der Waals surface area contributed by atoms with Crippen LogP contribution >= 0.6 is 11.6 Å². The van der Waals surface area contributed by atoms with Crippen molar-refractivity contribution >= 4 is 23.5 Å². The van der Waals surface area contributed by atoms with Crippen LogP contribution in [0.3, 0.4) is 0 Å². The summed E-state index contributed by atoms with van der Waals surface area (Å²) >= 11 is 5.97. The summed E-state index contributed by atoms with van der Waals surface area (Å²) in [5, 5.41) is 12.7. The third kappa shape index (κ3) is 7.07. The summed E-state index contributed by atoms with van der Waals surface area (Å²) in [6.07, 6.45) is -0.0751. The van der Waals surface area contributed by atoms with Crippen LogP contribution in [0.2, 0.25) is 5.02 Å². The molecule has 2 rings (SSSR count). The number of nitrogens with one attached hydrogen (secondary N) is 1. The number of benzene rings is 2. The monoisotopic (exact) mass is 419 g/mol. The minimum absolute atomic E-state index is 0.204. The lowest BCUT2D eigenvalue weighted by Gasteiger charge is -2.25. The summed E-state index contributed by atoms with van der Waals surface area (Å²) in [6, 6.07) is 14.5. The van der Waals surface area contributed by atoms with Crippen molar-refractivity contribution in [1.82, 2.24) is 5.32 Å². The Bertz CT molecular complexity index is 853. The smallest absolute Gasteiger partial charge is 0.333 e. The summed E-state index contributed by atoms with van der Waals surface area (Å²) in [4.78, 5) is 23.7. The summed E-state index contributed by atoms with van der Waals surface area (Å²) in [7, 11) is 1.36. The summed E-state index contributed by atoms with van der Waals surface area (Å²) < 4.78 is 10.9. The first-order chi connectivity index (χ1) is 13.7. The van der Waals surface area contributed by atoms with Crippen molar-refractivity contribution in [3.8, 4) is 5.75 Å². The van der Waals surface area contributed by atoms with Crippen molar-refractivity contribution in [2.75, 3.05) is 13.7 Å². The molecule has 0 aliphatic rings. The molecular formula is C22H26ClNO5. The first-order valence-electron chi connectivity index (χ1n) is 9.27. The van der Waals surface area contributed by atoms with E-state index in [1.54, 1.807) is 44.2 Å². The second-order valence-electron chi connectivity index (χ2n) is 7.16. The first kappa shape index (κ1) is 22.7. The van der Waals surface area contributed by atoms with E-state index in [4.69, 9.17) is 26.2 Å². The quantitative estimate of drug-likeness (QED) is 0.615. The van der Waals surface area contributed by atoms with Crippen molar-refractivity contribution in [2.45, 2.75) is 38.4 Å². The van der Waals surface area contributed by atoms with Gasteiger partial charge >= 0.3 is 5.97 Å². The van der Waals surface area contributed by atoms with Crippen molar-refractivity contribution in [2.24, 2.45) is 0 Å². The maximum Gasteiger partial charge on any atom is 0.333 e. The highest BCUT2D eigenvalue weighted by atomic mass is 35.5. The number of methoxy groups -OCH3 is 1. The van der Waals surface area contributed by atoms with Gasteiger partial charge in [-0.3, -0.25) is 4.79 Å². The van der Waals surface area contributed by atoms with Crippen LogP contribution in [0.1, 0.15) is 25.0 Å². The van der Waals surface area contributed by atoms with Gasteiger partial charge in [-0.15, -0.1) is 0 Å². The van der Waals surface area contributed by atoms with E-state index in [1.165, 1.54) is 7.11 Å². The number of carboxylic acid groups (broad SMARTS) is 1. The molecule has 2 aromatic rings. The van der Waals surface area contributed by atoms with Gasteiger partial charge in [-0.1, -0.05) is 35.9 Å². The number of carboxylic acids is 1. The molecule has 0 aliphatic heterocycles. The Hall–Kier alpha value is -2.57. The van der Waals surface area contributed by atoms with Crippen molar-refractivity contribution < 1.29 is 24.2 Å². The highest BCUT2D eigenvalue weighted by Gasteiger charge is 2.29. The lowest BCUT2D eigenvalue weighted by Crippen LogP contribution is -2.47. The normalized spacial score (nSPS) is 12.3. The maximum absolute atomic E-state index is 12.6. The molecule has 0 unspecified atom stereocenters. The van der Waals surface area contributed by atoms with Gasteiger partial charge in [-0.2, -0.15) is 0 Å². The fourth-order valence-corrected chi connectivity index (χ4v) is 3.00. The van der Waals surface area contributed by atoms with Gasteiger partial charge in [0.2, 0.25) is 0 Å². The molecule has 29 heavy (non-hydrogen) atoms. The predicted octanol–water partition coefficient (Wildman–Crippen LogP) is 3.50. The molecular weight excluding hydrogens is 394 g/mol. The molecule has 7 heteroatoms. The molecule has 0 saturated heterocycles. The van der Waals surface area contributed by atoms with Gasteiger partial charge in [0.25, 0.3) is 5.91 Å². The summed E-state index contributed by atoms with van der Waals surface area (Å²) in [5.41, 5.74) is 0.685. The van der Waals surface area contributed by atoms with Gasteiger partial charge in [0.1, 0.15) is 5.75 Å². The molecule has 0 fully saturated rings. The molecule has 1 atom stereocenters. The number of hydrogen-bond donors (Lipinski definition) is 2. The lowest BCUT2D eigenvalue weighted by atomic mass is 10.1. The van der Waals surface area contributed by atoms with Crippen molar-refractivity contribution in [3.63, 3.8) is 0 Å². The maximum atomic E-state index is 12.6. The SMILES string of the molecule is CO[C@@H](Cc1cccc(OC(C)(C)C(=O)NCCc2cccc(Cl)c2)c1)C(=O)O. The van der Waals surface area contributed by atoms with Gasteiger partial charge in [-0.25, -0.2) is 4.79 Å². The van der Waals surface area contributed by atoms with Crippen LogP contribution in [0.15, 0.2) is 48.5 Å².